The summed E-state index contributed by atoms with van der Waals surface area (Å²) < 4.78 is 15.7. The van der Waals surface area contributed by atoms with E-state index in [1.165, 1.54) is 23.9 Å². The van der Waals surface area contributed by atoms with Gasteiger partial charge in [0.25, 0.3) is 0 Å². The summed E-state index contributed by atoms with van der Waals surface area (Å²) in [4.78, 5) is 12.2. The third-order valence-electron chi connectivity index (χ3n) is 3.85. The van der Waals surface area contributed by atoms with Gasteiger partial charge in [-0.25, -0.2) is 4.39 Å². The first-order valence-electron chi connectivity index (χ1n) is 8.80. The zero-order chi connectivity index (χ0) is 20.1. The average Bonchev–Trinajstić information content (AvgIpc) is 3.04. The van der Waals surface area contributed by atoms with Crippen LogP contribution in [0.5, 0.6) is 0 Å². The molecule has 8 heteroatoms. The van der Waals surface area contributed by atoms with Gasteiger partial charge in [-0.1, -0.05) is 49.3 Å². The molecule has 1 N–H and O–H groups in total. The first kappa shape index (κ1) is 20.4. The van der Waals surface area contributed by atoms with E-state index in [2.05, 4.69) is 29.4 Å². The third kappa shape index (κ3) is 5.11. The Morgan fingerprint density at radius 3 is 2.57 bits per heavy atom. The summed E-state index contributed by atoms with van der Waals surface area (Å²) in [6, 6.07) is 13.5. The van der Waals surface area contributed by atoms with Crippen molar-refractivity contribution < 1.29 is 9.18 Å². The van der Waals surface area contributed by atoms with E-state index >= 15 is 0 Å². The molecule has 1 heterocycles. The Morgan fingerprint density at radius 2 is 1.89 bits per heavy atom. The van der Waals surface area contributed by atoms with E-state index in [4.69, 9.17) is 11.6 Å². The molecule has 1 aromatic heterocycles. The lowest BCUT2D eigenvalue weighted by Crippen LogP contribution is -2.16. The van der Waals surface area contributed by atoms with Crippen molar-refractivity contribution in [3.05, 3.63) is 59.4 Å². The molecule has 0 fully saturated rings. The number of nitrogens with one attached hydrogen (secondary N) is 1. The Balaban J connectivity index is 1.75. The largest absolute Gasteiger partial charge is 0.323 e. The maximum Gasteiger partial charge on any atom is 0.234 e. The van der Waals surface area contributed by atoms with Crippen molar-refractivity contribution in [2.75, 3.05) is 11.1 Å². The molecule has 0 bridgehead atoms. The molecule has 146 valence electrons. The number of amides is 1. The second-order valence-corrected chi connectivity index (χ2v) is 8.01. The molecule has 0 saturated carbocycles. The fraction of sp³-hybridized carbons (Fsp3) is 0.250. The van der Waals surface area contributed by atoms with Gasteiger partial charge in [0.2, 0.25) is 5.91 Å². The van der Waals surface area contributed by atoms with Crippen molar-refractivity contribution in [2.24, 2.45) is 5.92 Å². The van der Waals surface area contributed by atoms with Gasteiger partial charge >= 0.3 is 0 Å². The predicted octanol–water partition coefficient (Wildman–Crippen LogP) is 5.12. The van der Waals surface area contributed by atoms with Crippen molar-refractivity contribution in [1.29, 1.82) is 0 Å². The van der Waals surface area contributed by atoms with Gasteiger partial charge in [-0.3, -0.25) is 4.79 Å². The van der Waals surface area contributed by atoms with E-state index in [1.807, 2.05) is 16.7 Å². The van der Waals surface area contributed by atoms with Crippen LogP contribution in [0.25, 0.3) is 11.4 Å². The van der Waals surface area contributed by atoms with Gasteiger partial charge in [0, 0.05) is 17.1 Å². The summed E-state index contributed by atoms with van der Waals surface area (Å²) in [5.74, 6) is 0.428. The Hall–Kier alpha value is -2.38. The van der Waals surface area contributed by atoms with Gasteiger partial charge in [0.05, 0.1) is 11.4 Å². The number of anilines is 1. The molecule has 2 aromatic carbocycles. The Kier molecular flexibility index (Phi) is 6.70. The molecular weight excluding hydrogens is 399 g/mol. The average molecular weight is 419 g/mol. The number of halogens is 2. The van der Waals surface area contributed by atoms with Crippen LogP contribution in [0.3, 0.4) is 0 Å². The zero-order valence-corrected chi connectivity index (χ0v) is 17.1. The van der Waals surface area contributed by atoms with Crippen LogP contribution in [0, 0.1) is 11.7 Å². The monoisotopic (exact) mass is 418 g/mol. The summed E-state index contributed by atoms with van der Waals surface area (Å²) >= 11 is 7.24. The van der Waals surface area contributed by atoms with Crippen LogP contribution >= 0.6 is 23.4 Å². The van der Waals surface area contributed by atoms with Crippen molar-refractivity contribution >= 4 is 35.0 Å². The van der Waals surface area contributed by atoms with E-state index in [0.717, 1.165) is 11.4 Å². The topological polar surface area (TPSA) is 59.8 Å². The number of para-hydroxylation sites is 1. The van der Waals surface area contributed by atoms with E-state index < -0.39 is 5.82 Å². The number of carbonyl (C=O) groups excluding carboxylic acids is 1. The smallest absolute Gasteiger partial charge is 0.234 e. The number of hydrogen-bond donors (Lipinski definition) is 1. The first-order chi connectivity index (χ1) is 13.4. The lowest BCUT2D eigenvalue weighted by Gasteiger charge is -2.12. The summed E-state index contributed by atoms with van der Waals surface area (Å²) in [7, 11) is 0. The minimum absolute atomic E-state index is 0.102. The van der Waals surface area contributed by atoms with Gasteiger partial charge in [-0.2, -0.15) is 0 Å². The fourth-order valence-corrected chi connectivity index (χ4v) is 3.49. The van der Waals surface area contributed by atoms with Crippen LogP contribution in [0.15, 0.2) is 53.7 Å². The van der Waals surface area contributed by atoms with Crippen LogP contribution in [0.2, 0.25) is 5.02 Å². The van der Waals surface area contributed by atoms with Crippen LogP contribution in [0.1, 0.15) is 13.8 Å². The van der Waals surface area contributed by atoms with E-state index in [9.17, 15) is 9.18 Å². The highest BCUT2D eigenvalue weighted by molar-refractivity contribution is 7.99. The summed E-state index contributed by atoms with van der Waals surface area (Å²) in [5, 5.41) is 12.4. The molecule has 0 unspecified atom stereocenters. The first-order valence-corrected chi connectivity index (χ1v) is 10.2. The Labute approximate surface area is 172 Å². The SMILES string of the molecule is CC(C)Cn1c(SCC(=O)Nc2ccccc2F)nnc1-c1ccc(Cl)cc1. The minimum atomic E-state index is -0.464. The van der Waals surface area contributed by atoms with Crippen LogP contribution in [-0.2, 0) is 11.3 Å². The lowest BCUT2D eigenvalue weighted by molar-refractivity contribution is -0.113. The second kappa shape index (κ2) is 9.21. The quantitative estimate of drug-likeness (QED) is 0.540. The van der Waals surface area contributed by atoms with Crippen LogP contribution in [-0.4, -0.2) is 26.4 Å². The number of aromatic nitrogens is 3. The molecular formula is C20H20ClFN4OS. The van der Waals surface area contributed by atoms with Crippen molar-refractivity contribution in [3.8, 4) is 11.4 Å². The molecule has 0 atom stereocenters. The summed E-state index contributed by atoms with van der Waals surface area (Å²) in [6.07, 6.45) is 0. The van der Waals surface area contributed by atoms with Gasteiger partial charge < -0.3 is 9.88 Å². The normalized spacial score (nSPS) is 11.0. The highest BCUT2D eigenvalue weighted by atomic mass is 35.5. The molecule has 0 aliphatic rings. The summed E-state index contributed by atoms with van der Waals surface area (Å²) in [5.41, 5.74) is 1.07. The molecule has 1 amide bonds. The van der Waals surface area contributed by atoms with Gasteiger partial charge in [0.15, 0.2) is 11.0 Å². The maximum absolute atomic E-state index is 13.7. The third-order valence-corrected chi connectivity index (χ3v) is 5.07. The highest BCUT2D eigenvalue weighted by Gasteiger charge is 2.17. The second-order valence-electron chi connectivity index (χ2n) is 6.63. The number of benzene rings is 2. The van der Waals surface area contributed by atoms with E-state index in [-0.39, 0.29) is 17.3 Å². The molecule has 0 aliphatic carbocycles. The molecule has 0 saturated heterocycles. The molecule has 0 aliphatic heterocycles. The minimum Gasteiger partial charge on any atom is -0.323 e. The standard InChI is InChI=1S/C20H20ClFN4OS/c1-13(2)11-26-19(14-7-9-15(21)10-8-14)24-25-20(26)28-12-18(27)23-17-6-4-3-5-16(17)22/h3-10,13H,11-12H2,1-2H3,(H,23,27). The van der Waals surface area contributed by atoms with Gasteiger partial charge in [-0.15, -0.1) is 10.2 Å². The molecule has 3 aromatic rings. The Morgan fingerprint density at radius 1 is 1.18 bits per heavy atom. The molecule has 0 spiro atoms. The Bertz CT molecular complexity index is 959. The molecule has 5 nitrogen and oxygen atoms in total. The lowest BCUT2D eigenvalue weighted by atomic mass is 10.2. The van der Waals surface area contributed by atoms with Crippen molar-refractivity contribution in [2.45, 2.75) is 25.5 Å². The van der Waals surface area contributed by atoms with Gasteiger partial charge in [-0.05, 0) is 42.3 Å². The molecule has 0 radical (unpaired) electrons. The van der Waals surface area contributed by atoms with Crippen LogP contribution < -0.4 is 5.32 Å². The number of carbonyl (C=O) groups is 1. The van der Waals surface area contributed by atoms with E-state index in [0.29, 0.717) is 22.6 Å². The number of nitrogens with zero attached hydrogens (tertiary/aromatic N) is 3. The number of thioether (sulfide) groups is 1. The van der Waals surface area contributed by atoms with Crippen molar-refractivity contribution in [1.82, 2.24) is 14.8 Å². The van der Waals surface area contributed by atoms with Gasteiger partial charge in [0.1, 0.15) is 5.82 Å². The molecule has 28 heavy (non-hydrogen) atoms. The summed E-state index contributed by atoms with van der Waals surface area (Å²) in [6.45, 7) is 4.91. The zero-order valence-electron chi connectivity index (χ0n) is 15.5. The highest BCUT2D eigenvalue weighted by Crippen LogP contribution is 2.26. The maximum atomic E-state index is 13.7. The number of rotatable bonds is 7. The van der Waals surface area contributed by atoms with Crippen LogP contribution in [0.4, 0.5) is 10.1 Å². The fourth-order valence-electron chi connectivity index (χ4n) is 2.62. The predicted molar refractivity (Wildman–Crippen MR) is 111 cm³/mol. The van der Waals surface area contributed by atoms with E-state index in [1.54, 1.807) is 24.3 Å². The van der Waals surface area contributed by atoms with Crippen molar-refractivity contribution in [3.63, 3.8) is 0 Å². The molecule has 3 rings (SSSR count). The number of hydrogen-bond acceptors (Lipinski definition) is 4.